The van der Waals surface area contributed by atoms with Crippen molar-refractivity contribution in [2.75, 3.05) is 18.8 Å². The summed E-state index contributed by atoms with van der Waals surface area (Å²) in [5.41, 5.74) is 12.5. The van der Waals surface area contributed by atoms with Gasteiger partial charge in [0.15, 0.2) is 0 Å². The minimum Gasteiger partial charge on any atom is -0.397 e. The van der Waals surface area contributed by atoms with Crippen molar-refractivity contribution < 1.29 is 4.79 Å². The van der Waals surface area contributed by atoms with E-state index in [1.165, 1.54) is 0 Å². The van der Waals surface area contributed by atoms with Gasteiger partial charge in [0.25, 0.3) is 5.91 Å². The summed E-state index contributed by atoms with van der Waals surface area (Å²) in [6.45, 7) is 0.898. The number of anilines is 1. The normalized spacial score (nSPS) is 10.2. The molecule has 0 aliphatic rings. The lowest BCUT2D eigenvalue weighted by atomic mass is 10.2. The molecular formula is C9H10I3N3O. The molecule has 4 nitrogen and oxygen atoms in total. The van der Waals surface area contributed by atoms with Crippen molar-refractivity contribution in [3.05, 3.63) is 22.3 Å². The van der Waals surface area contributed by atoms with Crippen LogP contribution in [0.25, 0.3) is 0 Å². The first kappa shape index (κ1) is 14.7. The van der Waals surface area contributed by atoms with Gasteiger partial charge < -0.3 is 16.8 Å². The third-order valence-corrected chi connectivity index (χ3v) is 4.73. The van der Waals surface area contributed by atoms with Crippen LogP contribution in [-0.2, 0) is 0 Å². The average molecular weight is 557 g/mol. The van der Waals surface area contributed by atoms with Crippen LogP contribution in [0.4, 0.5) is 5.69 Å². The molecule has 0 fully saturated rings. The number of carbonyl (C=O) groups is 1. The molecule has 5 N–H and O–H groups in total. The van der Waals surface area contributed by atoms with Crippen LogP contribution in [0.1, 0.15) is 10.4 Å². The third kappa shape index (κ3) is 3.32. The Morgan fingerprint density at radius 2 is 1.94 bits per heavy atom. The standard InChI is InChI=1S/C9H10I3N3O/c10-4-3-5(11)8(14)7(12)6(4)9(16)15-2-1-13/h3H,1-2,13-14H2,(H,15,16). The summed E-state index contributed by atoms with van der Waals surface area (Å²) < 4.78 is 2.65. The van der Waals surface area contributed by atoms with Gasteiger partial charge in [0.05, 0.1) is 14.8 Å². The largest absolute Gasteiger partial charge is 0.397 e. The molecule has 88 valence electrons. The number of hydrogen-bond donors (Lipinski definition) is 3. The molecule has 0 saturated carbocycles. The van der Waals surface area contributed by atoms with Gasteiger partial charge in [-0.25, -0.2) is 0 Å². The molecule has 0 saturated heterocycles. The molecule has 0 spiro atoms. The van der Waals surface area contributed by atoms with E-state index in [1.54, 1.807) is 0 Å². The highest BCUT2D eigenvalue weighted by Crippen LogP contribution is 2.29. The van der Waals surface area contributed by atoms with Crippen molar-refractivity contribution in [3.63, 3.8) is 0 Å². The van der Waals surface area contributed by atoms with Crippen LogP contribution in [0.5, 0.6) is 0 Å². The molecule has 1 rings (SSSR count). The second kappa shape index (κ2) is 6.54. The fourth-order valence-electron chi connectivity index (χ4n) is 1.09. The first-order valence-corrected chi connectivity index (χ1v) is 7.64. The molecule has 1 amide bonds. The molecule has 0 atom stereocenters. The fraction of sp³-hybridized carbons (Fsp3) is 0.222. The number of rotatable bonds is 3. The lowest BCUT2D eigenvalue weighted by Crippen LogP contribution is -2.30. The number of nitrogens with two attached hydrogens (primary N) is 2. The Morgan fingerprint density at radius 1 is 1.31 bits per heavy atom. The first-order valence-electron chi connectivity index (χ1n) is 4.40. The summed E-state index contributed by atoms with van der Waals surface area (Å²) in [5, 5.41) is 2.75. The predicted octanol–water partition coefficient (Wildman–Crippen LogP) is 1.77. The second-order valence-corrected chi connectivity index (χ2v) is 6.39. The smallest absolute Gasteiger partial charge is 0.253 e. The molecular weight excluding hydrogens is 547 g/mol. The minimum atomic E-state index is -0.123. The lowest BCUT2D eigenvalue weighted by molar-refractivity contribution is 0.0953. The maximum atomic E-state index is 11.9. The maximum Gasteiger partial charge on any atom is 0.253 e. The number of amides is 1. The van der Waals surface area contributed by atoms with Gasteiger partial charge in [-0.05, 0) is 73.8 Å². The Bertz CT molecular complexity index is 423. The van der Waals surface area contributed by atoms with E-state index in [-0.39, 0.29) is 5.91 Å². The molecule has 0 bridgehead atoms. The number of hydrogen-bond acceptors (Lipinski definition) is 3. The first-order chi connectivity index (χ1) is 7.49. The highest BCUT2D eigenvalue weighted by atomic mass is 127. The van der Waals surface area contributed by atoms with E-state index < -0.39 is 0 Å². The van der Waals surface area contributed by atoms with E-state index in [0.29, 0.717) is 24.3 Å². The third-order valence-electron chi connectivity index (χ3n) is 1.86. The van der Waals surface area contributed by atoms with Gasteiger partial charge in [0, 0.05) is 20.2 Å². The monoisotopic (exact) mass is 557 g/mol. The van der Waals surface area contributed by atoms with Crippen molar-refractivity contribution in [3.8, 4) is 0 Å². The zero-order valence-electron chi connectivity index (χ0n) is 8.19. The number of halogens is 3. The number of carbonyl (C=O) groups excluding carboxylic acids is 1. The van der Waals surface area contributed by atoms with Gasteiger partial charge in [0.2, 0.25) is 0 Å². The quantitative estimate of drug-likeness (QED) is 0.392. The van der Waals surface area contributed by atoms with Gasteiger partial charge in [0.1, 0.15) is 0 Å². The minimum absolute atomic E-state index is 0.123. The van der Waals surface area contributed by atoms with Crippen molar-refractivity contribution in [2.45, 2.75) is 0 Å². The number of nitrogen functional groups attached to an aromatic ring is 1. The van der Waals surface area contributed by atoms with Crippen LogP contribution in [0.2, 0.25) is 0 Å². The predicted molar refractivity (Wildman–Crippen MR) is 90.4 cm³/mol. The van der Waals surface area contributed by atoms with E-state index in [9.17, 15) is 4.79 Å². The van der Waals surface area contributed by atoms with E-state index in [2.05, 4.69) is 73.1 Å². The van der Waals surface area contributed by atoms with Crippen molar-refractivity contribution >= 4 is 79.4 Å². The Morgan fingerprint density at radius 3 is 2.50 bits per heavy atom. The number of nitrogens with one attached hydrogen (secondary N) is 1. The van der Waals surface area contributed by atoms with Crippen LogP contribution < -0.4 is 16.8 Å². The molecule has 0 aliphatic carbocycles. The molecule has 0 aromatic heterocycles. The maximum absolute atomic E-state index is 11.9. The summed E-state index contributed by atoms with van der Waals surface area (Å²) >= 11 is 6.39. The Kier molecular flexibility index (Phi) is 6.01. The Balaban J connectivity index is 3.13. The van der Waals surface area contributed by atoms with Crippen LogP contribution in [0, 0.1) is 10.7 Å². The SMILES string of the molecule is NCCNC(=O)c1c(I)cc(I)c(N)c1I. The zero-order valence-corrected chi connectivity index (χ0v) is 14.7. The summed E-state index contributed by atoms with van der Waals surface area (Å²) in [6.07, 6.45) is 0. The molecule has 7 heteroatoms. The summed E-state index contributed by atoms with van der Waals surface area (Å²) in [6, 6.07) is 1.90. The molecule has 0 radical (unpaired) electrons. The zero-order chi connectivity index (χ0) is 12.3. The Labute approximate surface area is 135 Å². The van der Waals surface area contributed by atoms with Crippen LogP contribution >= 0.6 is 67.8 Å². The highest BCUT2D eigenvalue weighted by molar-refractivity contribution is 14.1. The molecule has 0 unspecified atom stereocenters. The number of benzene rings is 1. The van der Waals surface area contributed by atoms with Crippen LogP contribution in [-0.4, -0.2) is 19.0 Å². The summed E-state index contributed by atoms with van der Waals surface area (Å²) in [7, 11) is 0. The Hall–Kier alpha value is 0.640. The van der Waals surface area contributed by atoms with Crippen molar-refractivity contribution in [1.82, 2.24) is 5.32 Å². The van der Waals surface area contributed by atoms with Gasteiger partial charge in [-0.1, -0.05) is 0 Å². The molecule has 1 aromatic carbocycles. The second-order valence-electron chi connectivity index (χ2n) is 2.99. The van der Waals surface area contributed by atoms with Gasteiger partial charge >= 0.3 is 0 Å². The van der Waals surface area contributed by atoms with Gasteiger partial charge in [-0.2, -0.15) is 0 Å². The van der Waals surface area contributed by atoms with Crippen LogP contribution in [0.15, 0.2) is 6.07 Å². The lowest BCUT2D eigenvalue weighted by Gasteiger charge is -2.11. The van der Waals surface area contributed by atoms with Gasteiger partial charge in [-0.15, -0.1) is 0 Å². The molecule has 1 aromatic rings. The highest BCUT2D eigenvalue weighted by Gasteiger charge is 2.17. The van der Waals surface area contributed by atoms with Gasteiger partial charge in [-0.3, -0.25) is 4.79 Å². The van der Waals surface area contributed by atoms with E-state index >= 15 is 0 Å². The van der Waals surface area contributed by atoms with Crippen LogP contribution in [0.3, 0.4) is 0 Å². The molecule has 0 heterocycles. The van der Waals surface area contributed by atoms with Crippen molar-refractivity contribution in [2.24, 2.45) is 5.73 Å². The average Bonchev–Trinajstić information content (AvgIpc) is 2.23. The summed E-state index contributed by atoms with van der Waals surface area (Å²) in [4.78, 5) is 11.9. The molecule has 16 heavy (non-hydrogen) atoms. The van der Waals surface area contributed by atoms with E-state index in [1.807, 2.05) is 6.07 Å². The topological polar surface area (TPSA) is 81.1 Å². The fourth-order valence-corrected chi connectivity index (χ4v) is 4.95. The van der Waals surface area contributed by atoms with E-state index in [0.717, 1.165) is 10.7 Å². The molecule has 0 aliphatic heterocycles. The summed E-state index contributed by atoms with van der Waals surface area (Å²) in [5.74, 6) is -0.123. The van der Waals surface area contributed by atoms with Crippen molar-refractivity contribution in [1.29, 1.82) is 0 Å². The van der Waals surface area contributed by atoms with E-state index in [4.69, 9.17) is 11.5 Å².